The van der Waals surface area contributed by atoms with E-state index in [1.165, 1.54) is 28.0 Å². The van der Waals surface area contributed by atoms with Crippen LogP contribution in [0.5, 0.6) is 0 Å². The van der Waals surface area contributed by atoms with Crippen LogP contribution in [0, 0.1) is 0 Å². The number of aryl methyl sites for hydroxylation is 2. The molecule has 0 spiro atoms. The van der Waals surface area contributed by atoms with Crippen molar-refractivity contribution in [2.75, 3.05) is 26.2 Å². The third-order valence-electron chi connectivity index (χ3n) is 7.24. The lowest BCUT2D eigenvalue weighted by Crippen LogP contribution is -2.54. The van der Waals surface area contributed by atoms with Crippen LogP contribution in [-0.2, 0) is 18.2 Å². The van der Waals surface area contributed by atoms with Crippen LogP contribution in [0.3, 0.4) is 0 Å². The fourth-order valence-corrected chi connectivity index (χ4v) is 5.42. The summed E-state index contributed by atoms with van der Waals surface area (Å²) < 4.78 is 7.53. The van der Waals surface area contributed by atoms with Gasteiger partial charge in [-0.25, -0.2) is 4.79 Å². The van der Waals surface area contributed by atoms with E-state index in [0.29, 0.717) is 13.1 Å². The highest BCUT2D eigenvalue weighted by Crippen LogP contribution is 2.32. The number of unbranched alkanes of at least 4 members (excludes halogenated alkanes) is 1. The Morgan fingerprint density at radius 2 is 1.90 bits per heavy atom. The number of aliphatic imine (C=N–C) groups is 1. The minimum absolute atomic E-state index is 0.151. The van der Waals surface area contributed by atoms with Gasteiger partial charge in [-0.1, -0.05) is 36.4 Å². The molecule has 0 radical (unpaired) electrons. The standard InChI is InChI=1S/C33H49N5O2/c1-9-29(28-17-12-11-13-18-28)31(30(34-10-2)19-15-14-16-27-22-35-36(8)24-27)26(4)38-21-20-37(23-25(38)3)32(39)40-33(5,6)7/h9,11-13,17-18,22,24-25H,10,14-16,19-21,23H2,1-8H3/b29-9-,31-26+,34-30?/t25-/m0/s1. The van der Waals surface area contributed by atoms with Gasteiger partial charge in [0.15, 0.2) is 0 Å². The number of benzene rings is 1. The molecule has 0 saturated carbocycles. The average Bonchev–Trinajstić information content (AvgIpc) is 3.33. The van der Waals surface area contributed by atoms with Crippen molar-refractivity contribution in [3.05, 3.63) is 71.2 Å². The molecule has 1 aliphatic heterocycles. The molecule has 0 aliphatic carbocycles. The maximum Gasteiger partial charge on any atom is 0.410 e. The number of amides is 1. The van der Waals surface area contributed by atoms with Gasteiger partial charge in [0.1, 0.15) is 5.60 Å². The molecular formula is C33H49N5O2. The van der Waals surface area contributed by atoms with Gasteiger partial charge < -0.3 is 14.5 Å². The first kappa shape index (κ1) is 31.2. The fourth-order valence-electron chi connectivity index (χ4n) is 5.42. The van der Waals surface area contributed by atoms with Crippen LogP contribution in [0.25, 0.3) is 5.57 Å². The summed E-state index contributed by atoms with van der Waals surface area (Å²) in [5.41, 5.74) is 6.77. The number of carbonyl (C=O) groups excluding carboxylic acids is 1. The second-order valence-electron chi connectivity index (χ2n) is 11.6. The first-order valence-corrected chi connectivity index (χ1v) is 14.7. The highest BCUT2D eigenvalue weighted by molar-refractivity contribution is 6.13. The molecule has 1 aromatic heterocycles. The molecule has 3 rings (SSSR count). The fraction of sp³-hybridized carbons (Fsp3) is 0.545. The second kappa shape index (κ2) is 14.3. The summed E-state index contributed by atoms with van der Waals surface area (Å²) in [4.78, 5) is 22.2. The maximum absolute atomic E-state index is 12.8. The van der Waals surface area contributed by atoms with E-state index >= 15 is 0 Å². The number of aromatic nitrogens is 2. The van der Waals surface area contributed by atoms with Gasteiger partial charge in [0, 0.05) is 62.4 Å². The highest BCUT2D eigenvalue weighted by Gasteiger charge is 2.31. The Labute approximate surface area is 241 Å². The highest BCUT2D eigenvalue weighted by atomic mass is 16.6. The van der Waals surface area contributed by atoms with Crippen molar-refractivity contribution in [3.63, 3.8) is 0 Å². The molecule has 2 heterocycles. The van der Waals surface area contributed by atoms with Crippen LogP contribution >= 0.6 is 0 Å². The lowest BCUT2D eigenvalue weighted by molar-refractivity contribution is 0.0101. The molecule has 7 nitrogen and oxygen atoms in total. The Hall–Kier alpha value is -3.35. The van der Waals surface area contributed by atoms with Gasteiger partial charge >= 0.3 is 6.09 Å². The summed E-state index contributed by atoms with van der Waals surface area (Å²) in [6.07, 6.45) is 10.1. The van der Waals surface area contributed by atoms with E-state index in [-0.39, 0.29) is 12.1 Å². The SMILES string of the molecule is C/C=C(\C(C(CCCCc1cnn(C)c1)=NCC)=C(\C)N1CCN(C(=O)OC(C)(C)C)C[C@@H]1C)c1ccccc1. The summed E-state index contributed by atoms with van der Waals surface area (Å²) in [5.74, 6) is 0. The van der Waals surface area contributed by atoms with Crippen molar-refractivity contribution in [3.8, 4) is 0 Å². The van der Waals surface area contributed by atoms with Gasteiger partial charge in [-0.2, -0.15) is 5.10 Å². The van der Waals surface area contributed by atoms with Crippen LogP contribution < -0.4 is 0 Å². The predicted molar refractivity (Wildman–Crippen MR) is 166 cm³/mol. The molecule has 7 heteroatoms. The van der Waals surface area contributed by atoms with E-state index in [1.807, 2.05) is 43.6 Å². The second-order valence-corrected chi connectivity index (χ2v) is 11.6. The molecule has 0 bridgehead atoms. The minimum atomic E-state index is -0.501. The van der Waals surface area contributed by atoms with Crippen LogP contribution in [0.2, 0.25) is 0 Å². The summed E-state index contributed by atoms with van der Waals surface area (Å²) >= 11 is 0. The zero-order valence-corrected chi connectivity index (χ0v) is 25.9. The molecule has 40 heavy (non-hydrogen) atoms. The van der Waals surface area contributed by atoms with Gasteiger partial charge in [0.05, 0.1) is 6.20 Å². The minimum Gasteiger partial charge on any atom is -0.444 e. The topological polar surface area (TPSA) is 63.0 Å². The molecule has 2 aromatic rings. The Morgan fingerprint density at radius 1 is 1.18 bits per heavy atom. The summed E-state index contributed by atoms with van der Waals surface area (Å²) in [5, 5.41) is 4.31. The zero-order valence-electron chi connectivity index (χ0n) is 25.9. The number of rotatable bonds is 10. The van der Waals surface area contributed by atoms with Gasteiger partial charge in [-0.05, 0) is 90.8 Å². The maximum atomic E-state index is 12.8. The van der Waals surface area contributed by atoms with E-state index in [1.54, 1.807) is 0 Å². The van der Waals surface area contributed by atoms with Crippen LogP contribution in [0.1, 0.15) is 78.9 Å². The number of hydrogen-bond donors (Lipinski definition) is 0. The van der Waals surface area contributed by atoms with E-state index in [9.17, 15) is 4.79 Å². The molecule has 1 amide bonds. The van der Waals surface area contributed by atoms with E-state index in [2.05, 4.69) is 80.3 Å². The van der Waals surface area contributed by atoms with Crippen LogP contribution in [0.4, 0.5) is 4.79 Å². The number of hydrogen-bond acceptors (Lipinski definition) is 5. The number of nitrogens with zero attached hydrogens (tertiary/aromatic N) is 5. The van der Waals surface area contributed by atoms with E-state index in [4.69, 9.17) is 9.73 Å². The number of carbonyl (C=O) groups is 1. The monoisotopic (exact) mass is 547 g/mol. The summed E-state index contributed by atoms with van der Waals surface area (Å²) in [6, 6.07) is 10.8. The molecule has 1 aromatic carbocycles. The molecule has 1 aliphatic rings. The van der Waals surface area contributed by atoms with Crippen molar-refractivity contribution in [2.24, 2.45) is 12.0 Å². The normalized spacial score (nSPS) is 17.6. The number of ether oxygens (including phenoxy) is 1. The molecule has 0 unspecified atom stereocenters. The Kier molecular flexibility index (Phi) is 11.2. The van der Waals surface area contributed by atoms with Gasteiger partial charge in [-0.3, -0.25) is 9.67 Å². The number of allylic oxidation sites excluding steroid dienone is 4. The Morgan fingerprint density at radius 3 is 2.48 bits per heavy atom. The van der Waals surface area contributed by atoms with Crippen molar-refractivity contribution >= 4 is 17.4 Å². The smallest absolute Gasteiger partial charge is 0.410 e. The Balaban J connectivity index is 1.89. The van der Waals surface area contributed by atoms with Crippen molar-refractivity contribution < 1.29 is 9.53 Å². The van der Waals surface area contributed by atoms with Gasteiger partial charge in [-0.15, -0.1) is 0 Å². The lowest BCUT2D eigenvalue weighted by atomic mass is 9.89. The first-order valence-electron chi connectivity index (χ1n) is 14.7. The summed E-state index contributed by atoms with van der Waals surface area (Å²) in [7, 11) is 1.96. The van der Waals surface area contributed by atoms with E-state index < -0.39 is 5.60 Å². The van der Waals surface area contributed by atoms with Crippen molar-refractivity contribution in [1.82, 2.24) is 19.6 Å². The lowest BCUT2D eigenvalue weighted by Gasteiger charge is -2.42. The van der Waals surface area contributed by atoms with Gasteiger partial charge in [0.2, 0.25) is 0 Å². The quantitative estimate of drug-likeness (QED) is 0.184. The van der Waals surface area contributed by atoms with Crippen molar-refractivity contribution in [2.45, 2.75) is 85.8 Å². The third-order valence-corrected chi connectivity index (χ3v) is 7.24. The summed E-state index contributed by atoms with van der Waals surface area (Å²) in [6.45, 7) is 17.1. The van der Waals surface area contributed by atoms with Crippen LogP contribution in [0.15, 0.2) is 65.1 Å². The molecule has 218 valence electrons. The molecule has 1 saturated heterocycles. The molecule has 1 atom stereocenters. The third kappa shape index (κ3) is 8.57. The largest absolute Gasteiger partial charge is 0.444 e. The average molecular weight is 548 g/mol. The van der Waals surface area contributed by atoms with Crippen LogP contribution in [-0.4, -0.2) is 69.2 Å². The molecule has 1 fully saturated rings. The first-order chi connectivity index (χ1) is 19.0. The van der Waals surface area contributed by atoms with Gasteiger partial charge in [0.25, 0.3) is 0 Å². The Bertz CT molecular complexity index is 1200. The zero-order chi connectivity index (χ0) is 29.3. The molecular weight excluding hydrogens is 498 g/mol. The predicted octanol–water partition coefficient (Wildman–Crippen LogP) is 6.91. The van der Waals surface area contributed by atoms with Crippen molar-refractivity contribution in [1.29, 1.82) is 0 Å². The van der Waals surface area contributed by atoms with E-state index in [0.717, 1.165) is 44.5 Å². The molecule has 0 N–H and O–H groups in total. The number of piperazine rings is 1.